The number of hydrogen-bond donors (Lipinski definition) is 2. The van der Waals surface area contributed by atoms with E-state index in [1.807, 2.05) is 0 Å². The largest absolute Gasteiger partial charge is 0.285 e. The minimum atomic E-state index is -3.74. The summed E-state index contributed by atoms with van der Waals surface area (Å²) in [6.07, 6.45) is 3.10. The number of nitrogens with one attached hydrogen (secondary N) is 2. The van der Waals surface area contributed by atoms with E-state index in [0.717, 1.165) is 12.1 Å². The molecule has 0 bridgehead atoms. The third-order valence-electron chi connectivity index (χ3n) is 2.71. The number of aromatic amines is 1. The van der Waals surface area contributed by atoms with Crippen LogP contribution in [0.25, 0.3) is 0 Å². The predicted octanol–water partition coefficient (Wildman–Crippen LogP) is 1.36. The van der Waals surface area contributed by atoms with E-state index in [0.29, 0.717) is 5.56 Å². The summed E-state index contributed by atoms with van der Waals surface area (Å²) in [5, 5.41) is 16.9. The molecule has 0 saturated heterocycles. The molecule has 2 aromatic rings. The number of nitrogens with zero attached hydrogens (tertiary/aromatic N) is 2. The minimum Gasteiger partial charge on any atom is -0.285 e. The van der Waals surface area contributed by atoms with Gasteiger partial charge in [-0.3, -0.25) is 15.2 Å². The van der Waals surface area contributed by atoms with Crippen LogP contribution in [-0.2, 0) is 10.0 Å². The van der Waals surface area contributed by atoms with Gasteiger partial charge in [-0.05, 0) is 19.1 Å². The molecule has 0 aliphatic heterocycles. The van der Waals surface area contributed by atoms with E-state index >= 15 is 0 Å². The van der Waals surface area contributed by atoms with Crippen LogP contribution >= 0.6 is 0 Å². The number of aromatic nitrogens is 2. The number of non-ortho nitro benzene ring substituents is 1. The standard InChI is InChI=1S/C11H12N4O4S/c1-8(9-6-12-13-7-9)14-20(18,19)11-4-2-10(3-5-11)15(16)17/h2-8,14H,1H3,(H,12,13). The number of rotatable bonds is 5. The molecule has 8 nitrogen and oxygen atoms in total. The van der Waals surface area contributed by atoms with Gasteiger partial charge in [0, 0.05) is 29.9 Å². The van der Waals surface area contributed by atoms with Crippen molar-refractivity contribution in [2.75, 3.05) is 0 Å². The molecule has 2 rings (SSSR count). The second-order valence-electron chi connectivity index (χ2n) is 4.13. The van der Waals surface area contributed by atoms with Gasteiger partial charge in [0.2, 0.25) is 10.0 Å². The van der Waals surface area contributed by atoms with Gasteiger partial charge in [0.05, 0.1) is 16.0 Å². The highest BCUT2D eigenvalue weighted by Crippen LogP contribution is 2.18. The van der Waals surface area contributed by atoms with Crippen molar-refractivity contribution in [1.82, 2.24) is 14.9 Å². The summed E-state index contributed by atoms with van der Waals surface area (Å²) in [5.41, 5.74) is 0.530. The summed E-state index contributed by atoms with van der Waals surface area (Å²) in [6.45, 7) is 1.67. The van der Waals surface area contributed by atoms with Gasteiger partial charge < -0.3 is 0 Å². The Balaban J connectivity index is 2.20. The smallest absolute Gasteiger partial charge is 0.269 e. The van der Waals surface area contributed by atoms with Crippen LogP contribution in [0, 0.1) is 10.1 Å². The lowest BCUT2D eigenvalue weighted by molar-refractivity contribution is -0.384. The average Bonchev–Trinajstić information content (AvgIpc) is 2.92. The third kappa shape index (κ3) is 3.00. The van der Waals surface area contributed by atoms with Crippen molar-refractivity contribution in [3.8, 4) is 0 Å². The van der Waals surface area contributed by atoms with Crippen LogP contribution in [0.5, 0.6) is 0 Å². The van der Waals surface area contributed by atoms with Crippen LogP contribution < -0.4 is 4.72 Å². The van der Waals surface area contributed by atoms with E-state index in [-0.39, 0.29) is 10.6 Å². The van der Waals surface area contributed by atoms with Crippen molar-refractivity contribution in [1.29, 1.82) is 0 Å². The van der Waals surface area contributed by atoms with Crippen LogP contribution in [0.4, 0.5) is 5.69 Å². The molecule has 0 saturated carbocycles. The fourth-order valence-corrected chi connectivity index (χ4v) is 2.85. The molecule has 9 heteroatoms. The molecule has 0 fully saturated rings. The van der Waals surface area contributed by atoms with Crippen molar-refractivity contribution >= 4 is 15.7 Å². The second kappa shape index (κ2) is 5.39. The van der Waals surface area contributed by atoms with Gasteiger partial charge in [-0.15, -0.1) is 0 Å². The van der Waals surface area contributed by atoms with Crippen molar-refractivity contribution in [3.05, 3.63) is 52.3 Å². The summed E-state index contributed by atoms with van der Waals surface area (Å²) in [7, 11) is -3.74. The van der Waals surface area contributed by atoms with Crippen molar-refractivity contribution in [2.45, 2.75) is 17.9 Å². The highest BCUT2D eigenvalue weighted by molar-refractivity contribution is 7.89. The number of nitro benzene ring substituents is 1. The molecule has 0 spiro atoms. The fraction of sp³-hybridized carbons (Fsp3) is 0.182. The number of nitro groups is 1. The van der Waals surface area contributed by atoms with Gasteiger partial charge in [-0.2, -0.15) is 5.10 Å². The van der Waals surface area contributed by atoms with Gasteiger partial charge in [-0.1, -0.05) is 0 Å². The lowest BCUT2D eigenvalue weighted by Crippen LogP contribution is -2.26. The van der Waals surface area contributed by atoms with Crippen LogP contribution in [0.15, 0.2) is 41.6 Å². The third-order valence-corrected chi connectivity index (χ3v) is 4.27. The molecule has 2 N–H and O–H groups in total. The molecule has 0 aliphatic carbocycles. The minimum absolute atomic E-state index is 0.0292. The first kappa shape index (κ1) is 14.2. The molecule has 106 valence electrons. The molecule has 0 radical (unpaired) electrons. The van der Waals surface area contributed by atoms with E-state index in [1.165, 1.54) is 18.3 Å². The maximum Gasteiger partial charge on any atom is 0.269 e. The normalized spacial score (nSPS) is 13.1. The zero-order chi connectivity index (χ0) is 14.8. The Hall–Kier alpha value is -2.26. The monoisotopic (exact) mass is 296 g/mol. The van der Waals surface area contributed by atoms with E-state index in [1.54, 1.807) is 13.1 Å². The summed E-state index contributed by atoms with van der Waals surface area (Å²) >= 11 is 0. The first-order valence-electron chi connectivity index (χ1n) is 5.65. The van der Waals surface area contributed by atoms with Crippen molar-refractivity contribution in [2.24, 2.45) is 0 Å². The highest BCUT2D eigenvalue weighted by atomic mass is 32.2. The van der Waals surface area contributed by atoms with Crippen LogP contribution in [0.3, 0.4) is 0 Å². The lowest BCUT2D eigenvalue weighted by Gasteiger charge is -2.12. The first-order chi connectivity index (χ1) is 9.40. The van der Waals surface area contributed by atoms with Crippen LogP contribution in [-0.4, -0.2) is 23.5 Å². The topological polar surface area (TPSA) is 118 Å². The predicted molar refractivity (Wildman–Crippen MR) is 70.4 cm³/mol. The van der Waals surface area contributed by atoms with Crippen LogP contribution in [0.1, 0.15) is 18.5 Å². The van der Waals surface area contributed by atoms with E-state index in [4.69, 9.17) is 0 Å². The Bertz CT molecular complexity index is 695. The highest BCUT2D eigenvalue weighted by Gasteiger charge is 2.19. The Morgan fingerprint density at radius 1 is 1.35 bits per heavy atom. The Morgan fingerprint density at radius 3 is 2.50 bits per heavy atom. The van der Waals surface area contributed by atoms with Gasteiger partial charge >= 0.3 is 0 Å². The number of benzene rings is 1. The second-order valence-corrected chi connectivity index (χ2v) is 5.84. The number of H-pyrrole nitrogens is 1. The summed E-state index contributed by atoms with van der Waals surface area (Å²) < 4.78 is 26.7. The van der Waals surface area contributed by atoms with Gasteiger partial charge in [0.25, 0.3) is 5.69 Å². The maximum absolute atomic E-state index is 12.1. The van der Waals surface area contributed by atoms with E-state index in [2.05, 4.69) is 14.9 Å². The molecular weight excluding hydrogens is 284 g/mol. The molecule has 1 unspecified atom stereocenters. The lowest BCUT2D eigenvalue weighted by atomic mass is 10.2. The maximum atomic E-state index is 12.1. The molecule has 0 amide bonds. The number of sulfonamides is 1. The summed E-state index contributed by atoms with van der Waals surface area (Å²) in [4.78, 5) is 9.91. The molecule has 20 heavy (non-hydrogen) atoms. The molecule has 1 aromatic heterocycles. The fourth-order valence-electron chi connectivity index (χ4n) is 1.61. The zero-order valence-corrected chi connectivity index (χ0v) is 11.3. The zero-order valence-electron chi connectivity index (χ0n) is 10.5. The molecule has 1 aromatic carbocycles. The SMILES string of the molecule is CC(NS(=O)(=O)c1ccc([N+](=O)[O-])cc1)c1cn[nH]c1. The van der Waals surface area contributed by atoms with Crippen LogP contribution in [0.2, 0.25) is 0 Å². The summed E-state index contributed by atoms with van der Waals surface area (Å²) in [5.74, 6) is 0. The van der Waals surface area contributed by atoms with E-state index < -0.39 is 21.0 Å². The van der Waals surface area contributed by atoms with Gasteiger partial charge in [0.15, 0.2) is 0 Å². The van der Waals surface area contributed by atoms with Crippen molar-refractivity contribution in [3.63, 3.8) is 0 Å². The number of hydrogen-bond acceptors (Lipinski definition) is 5. The molecule has 1 atom stereocenters. The molecule has 1 heterocycles. The Labute approximate surface area is 115 Å². The van der Waals surface area contributed by atoms with Gasteiger partial charge in [0.1, 0.15) is 0 Å². The van der Waals surface area contributed by atoms with Gasteiger partial charge in [-0.25, -0.2) is 13.1 Å². The molecular formula is C11H12N4O4S. The summed E-state index contributed by atoms with van der Waals surface area (Å²) in [6, 6.07) is 4.23. The molecule has 0 aliphatic rings. The Morgan fingerprint density at radius 2 is 2.00 bits per heavy atom. The first-order valence-corrected chi connectivity index (χ1v) is 7.14. The van der Waals surface area contributed by atoms with Crippen molar-refractivity contribution < 1.29 is 13.3 Å². The Kier molecular flexibility index (Phi) is 3.81. The quantitative estimate of drug-likeness (QED) is 0.638. The van der Waals surface area contributed by atoms with E-state index in [9.17, 15) is 18.5 Å². The average molecular weight is 296 g/mol.